The van der Waals surface area contributed by atoms with Crippen LogP contribution in [-0.2, 0) is 20.2 Å². The molecule has 1 rings (SSSR count). The molecule has 25 heavy (non-hydrogen) atoms. The normalized spacial score (nSPS) is 14.9. The highest BCUT2D eigenvalue weighted by atomic mass is 32.2. The molecule has 0 saturated carbocycles. The number of hydrogen-bond acceptors (Lipinski definition) is 6. The van der Waals surface area contributed by atoms with Crippen molar-refractivity contribution in [2.24, 2.45) is 0 Å². The van der Waals surface area contributed by atoms with E-state index >= 15 is 0 Å². The highest BCUT2D eigenvalue weighted by Gasteiger charge is 2.28. The number of hydrogen-bond donors (Lipinski definition) is 3. The van der Waals surface area contributed by atoms with Gasteiger partial charge in [0.25, 0.3) is 20.2 Å². The van der Waals surface area contributed by atoms with Crippen molar-refractivity contribution in [3.8, 4) is 0 Å². The lowest BCUT2D eigenvalue weighted by molar-refractivity contribution is 0.180. The summed E-state index contributed by atoms with van der Waals surface area (Å²) in [5.41, 5.74) is 1.94. The van der Waals surface area contributed by atoms with Gasteiger partial charge in [0.05, 0.1) is 11.4 Å². The molecule has 144 valence electrons. The second kappa shape index (κ2) is 8.95. The van der Waals surface area contributed by atoms with E-state index in [9.17, 15) is 26.5 Å². The first-order valence-corrected chi connectivity index (χ1v) is 11.0. The number of nitrogens with zero attached hydrogens (tertiary/aromatic N) is 1. The molecule has 0 saturated heterocycles. The standard InChI is InChI=1S/C15H25NO7S2/c1-3-16(15-7-5-4-6-12(15)2)9-8-14(25(21,22)23)10-13(17)11-24(18,19)20/h4-7,13-14,17H,3,8-11H2,1-2H3,(H,18,19,20)(H,21,22,23). The molecule has 1 aromatic rings. The van der Waals surface area contributed by atoms with E-state index in [0.29, 0.717) is 13.1 Å². The number of rotatable bonds is 10. The molecule has 2 atom stereocenters. The van der Waals surface area contributed by atoms with Gasteiger partial charge < -0.3 is 10.0 Å². The van der Waals surface area contributed by atoms with Crippen LogP contribution < -0.4 is 4.90 Å². The fraction of sp³-hybridized carbons (Fsp3) is 0.600. The van der Waals surface area contributed by atoms with E-state index < -0.39 is 43.8 Å². The van der Waals surface area contributed by atoms with E-state index in [1.165, 1.54) is 0 Å². The quantitative estimate of drug-likeness (QED) is 0.502. The molecule has 0 aliphatic rings. The summed E-state index contributed by atoms with van der Waals surface area (Å²) < 4.78 is 62.8. The molecule has 2 unspecified atom stereocenters. The van der Waals surface area contributed by atoms with Crippen molar-refractivity contribution in [3.63, 3.8) is 0 Å². The van der Waals surface area contributed by atoms with Gasteiger partial charge in [0.15, 0.2) is 0 Å². The van der Waals surface area contributed by atoms with Crippen molar-refractivity contribution < 1.29 is 31.0 Å². The topological polar surface area (TPSA) is 132 Å². The number of benzene rings is 1. The van der Waals surface area contributed by atoms with Gasteiger partial charge in [0.1, 0.15) is 5.75 Å². The molecule has 0 radical (unpaired) electrons. The summed E-state index contributed by atoms with van der Waals surface area (Å²) >= 11 is 0. The van der Waals surface area contributed by atoms with Crippen LogP contribution in [-0.4, -0.2) is 61.2 Å². The van der Waals surface area contributed by atoms with Gasteiger partial charge >= 0.3 is 0 Å². The summed E-state index contributed by atoms with van der Waals surface area (Å²) in [6.07, 6.45) is -2.07. The monoisotopic (exact) mass is 395 g/mol. The van der Waals surface area contributed by atoms with Gasteiger partial charge in [-0.25, -0.2) is 0 Å². The minimum Gasteiger partial charge on any atom is -0.392 e. The van der Waals surface area contributed by atoms with E-state index in [2.05, 4.69) is 0 Å². The van der Waals surface area contributed by atoms with E-state index in [-0.39, 0.29) is 6.42 Å². The van der Waals surface area contributed by atoms with Crippen LogP contribution in [0.3, 0.4) is 0 Å². The van der Waals surface area contributed by atoms with Gasteiger partial charge in [-0.1, -0.05) is 18.2 Å². The number of aryl methyl sites for hydroxylation is 1. The Balaban J connectivity index is 2.84. The predicted molar refractivity (Wildman–Crippen MR) is 96.1 cm³/mol. The molecule has 8 nitrogen and oxygen atoms in total. The first kappa shape index (κ1) is 21.8. The van der Waals surface area contributed by atoms with Crippen LogP contribution in [0.4, 0.5) is 5.69 Å². The van der Waals surface area contributed by atoms with Crippen molar-refractivity contribution in [1.82, 2.24) is 0 Å². The third kappa shape index (κ3) is 7.70. The van der Waals surface area contributed by atoms with Gasteiger partial charge in [0.2, 0.25) is 0 Å². The smallest absolute Gasteiger partial charge is 0.267 e. The summed E-state index contributed by atoms with van der Waals surface area (Å²) in [7, 11) is -8.91. The Kier molecular flexibility index (Phi) is 7.82. The minimum absolute atomic E-state index is 0.00352. The van der Waals surface area contributed by atoms with Crippen LogP contribution in [0.5, 0.6) is 0 Å². The molecule has 0 aliphatic carbocycles. The summed E-state index contributed by atoms with van der Waals surface area (Å²) in [6.45, 7) is 4.73. The average Bonchev–Trinajstić information content (AvgIpc) is 2.45. The van der Waals surface area contributed by atoms with Crippen molar-refractivity contribution in [3.05, 3.63) is 29.8 Å². The molecule has 0 spiro atoms. The second-order valence-electron chi connectivity index (χ2n) is 5.93. The van der Waals surface area contributed by atoms with Gasteiger partial charge in [-0.05, 0) is 38.3 Å². The lowest BCUT2D eigenvalue weighted by Gasteiger charge is -2.27. The summed E-state index contributed by atoms with van der Waals surface area (Å²) in [6, 6.07) is 7.57. The van der Waals surface area contributed by atoms with E-state index in [0.717, 1.165) is 11.3 Å². The maximum absolute atomic E-state index is 11.6. The summed E-state index contributed by atoms with van der Waals surface area (Å²) in [5, 5.41) is 8.34. The molecule has 1 aromatic carbocycles. The third-order valence-electron chi connectivity index (χ3n) is 3.92. The van der Waals surface area contributed by atoms with Gasteiger partial charge in [-0.2, -0.15) is 16.8 Å². The first-order chi connectivity index (χ1) is 11.4. The van der Waals surface area contributed by atoms with Gasteiger partial charge in [-0.3, -0.25) is 9.11 Å². The molecule has 0 amide bonds. The van der Waals surface area contributed by atoms with Crippen molar-refractivity contribution in [2.45, 2.75) is 38.0 Å². The lowest BCUT2D eigenvalue weighted by Crippen LogP contribution is -2.34. The van der Waals surface area contributed by atoms with Gasteiger partial charge in [-0.15, -0.1) is 0 Å². The average molecular weight is 395 g/mol. The Hall–Kier alpha value is -1.20. The van der Waals surface area contributed by atoms with Crippen LogP contribution in [0.15, 0.2) is 24.3 Å². The highest BCUT2D eigenvalue weighted by Crippen LogP contribution is 2.21. The molecule has 0 bridgehead atoms. The molecule has 0 aromatic heterocycles. The summed E-state index contributed by atoms with van der Waals surface area (Å²) in [5.74, 6) is -0.978. The Morgan fingerprint density at radius 2 is 1.72 bits per heavy atom. The van der Waals surface area contributed by atoms with Crippen LogP contribution in [0.1, 0.15) is 25.3 Å². The Labute approximate surface area is 149 Å². The van der Waals surface area contributed by atoms with Crippen molar-refractivity contribution in [2.75, 3.05) is 23.7 Å². The Bertz CT molecular complexity index is 762. The minimum atomic E-state index is -4.47. The molecule has 0 aliphatic heterocycles. The number of aliphatic hydroxyl groups is 1. The number of para-hydroxylation sites is 1. The van der Waals surface area contributed by atoms with Crippen molar-refractivity contribution >= 4 is 25.9 Å². The highest BCUT2D eigenvalue weighted by molar-refractivity contribution is 7.86. The van der Waals surface area contributed by atoms with Crippen molar-refractivity contribution in [1.29, 1.82) is 0 Å². The fourth-order valence-electron chi connectivity index (χ4n) is 2.67. The molecule has 0 heterocycles. The molecular formula is C15H25NO7S2. The first-order valence-electron chi connectivity index (χ1n) is 7.84. The summed E-state index contributed by atoms with van der Waals surface area (Å²) in [4.78, 5) is 1.93. The molecule has 0 fully saturated rings. The molecule has 3 N–H and O–H groups in total. The van der Waals surface area contributed by atoms with E-state index in [1.54, 1.807) is 0 Å². The number of anilines is 1. The largest absolute Gasteiger partial charge is 0.392 e. The van der Waals surface area contributed by atoms with Crippen LogP contribution >= 0.6 is 0 Å². The van der Waals surface area contributed by atoms with Crippen LogP contribution in [0, 0.1) is 6.92 Å². The fourth-order valence-corrected chi connectivity index (χ4v) is 4.16. The van der Waals surface area contributed by atoms with Gasteiger partial charge in [0, 0.05) is 18.8 Å². The van der Waals surface area contributed by atoms with E-state index in [1.807, 2.05) is 43.0 Å². The predicted octanol–water partition coefficient (Wildman–Crippen LogP) is 1.11. The molecular weight excluding hydrogens is 370 g/mol. The zero-order chi connectivity index (χ0) is 19.3. The molecule has 10 heteroatoms. The van der Waals surface area contributed by atoms with Crippen LogP contribution in [0.25, 0.3) is 0 Å². The zero-order valence-corrected chi connectivity index (χ0v) is 15.9. The Morgan fingerprint density at radius 3 is 2.20 bits per heavy atom. The maximum Gasteiger partial charge on any atom is 0.267 e. The zero-order valence-electron chi connectivity index (χ0n) is 14.2. The Morgan fingerprint density at radius 1 is 1.12 bits per heavy atom. The number of aliphatic hydroxyl groups excluding tert-OH is 1. The maximum atomic E-state index is 11.6. The van der Waals surface area contributed by atoms with E-state index in [4.69, 9.17) is 4.55 Å². The lowest BCUT2D eigenvalue weighted by atomic mass is 10.1. The SMILES string of the molecule is CCN(CCC(CC(O)CS(=O)(=O)O)S(=O)(=O)O)c1ccccc1C. The van der Waals surface area contributed by atoms with Crippen LogP contribution in [0.2, 0.25) is 0 Å². The second-order valence-corrected chi connectivity index (χ2v) is 9.12. The third-order valence-corrected chi connectivity index (χ3v) is 5.99.